The molecular weight excluding hydrogens is 168 g/mol. The van der Waals surface area contributed by atoms with Gasteiger partial charge in [0.05, 0.1) is 12.5 Å². The number of hydrogen-bond donors (Lipinski definition) is 2. The van der Waals surface area contributed by atoms with Gasteiger partial charge < -0.3 is 10.2 Å². The van der Waals surface area contributed by atoms with E-state index >= 15 is 0 Å². The van der Waals surface area contributed by atoms with Crippen molar-refractivity contribution in [3.63, 3.8) is 0 Å². The molecule has 0 aliphatic heterocycles. The Hall–Kier alpha value is -0.570. The number of aliphatic carboxylic acids is 1. The summed E-state index contributed by atoms with van der Waals surface area (Å²) in [4.78, 5) is 10.3. The number of rotatable bonds is 6. The second-order valence-corrected chi connectivity index (χ2v) is 3.89. The maximum Gasteiger partial charge on any atom is 0.305 e. The van der Waals surface area contributed by atoms with Gasteiger partial charge in [0.1, 0.15) is 0 Å². The van der Waals surface area contributed by atoms with Crippen molar-refractivity contribution < 1.29 is 15.0 Å². The van der Waals surface area contributed by atoms with E-state index in [2.05, 4.69) is 13.8 Å². The molecule has 3 unspecified atom stereocenters. The predicted octanol–water partition coefficient (Wildman–Crippen LogP) is 1.89. The highest BCUT2D eigenvalue weighted by molar-refractivity contribution is 5.67. The average Bonchev–Trinajstić information content (AvgIpc) is 2.02. The Morgan fingerprint density at radius 1 is 1.38 bits per heavy atom. The molecule has 0 fully saturated rings. The molecule has 0 aliphatic carbocycles. The summed E-state index contributed by atoms with van der Waals surface area (Å²) in [5.74, 6) is -0.298. The maximum atomic E-state index is 10.3. The Balaban J connectivity index is 3.81. The maximum absolute atomic E-state index is 10.3. The van der Waals surface area contributed by atoms with Crippen molar-refractivity contribution in [2.45, 2.75) is 46.1 Å². The van der Waals surface area contributed by atoms with Gasteiger partial charge in [0.2, 0.25) is 0 Å². The van der Waals surface area contributed by atoms with Gasteiger partial charge in [-0.3, -0.25) is 4.79 Å². The molecule has 3 atom stereocenters. The topological polar surface area (TPSA) is 57.5 Å². The molecule has 0 amide bonds. The fourth-order valence-electron chi connectivity index (χ4n) is 1.34. The van der Waals surface area contributed by atoms with E-state index in [-0.39, 0.29) is 12.3 Å². The largest absolute Gasteiger partial charge is 0.481 e. The van der Waals surface area contributed by atoms with Crippen LogP contribution in [0.2, 0.25) is 0 Å². The minimum Gasteiger partial charge on any atom is -0.481 e. The summed E-state index contributed by atoms with van der Waals surface area (Å²) < 4.78 is 0. The molecule has 0 aromatic heterocycles. The molecule has 0 rings (SSSR count). The van der Waals surface area contributed by atoms with Gasteiger partial charge in [-0.1, -0.05) is 27.2 Å². The summed E-state index contributed by atoms with van der Waals surface area (Å²) in [6.45, 7) is 6.12. The molecule has 0 aromatic carbocycles. The first-order valence-electron chi connectivity index (χ1n) is 4.87. The molecule has 2 N–H and O–H groups in total. The lowest BCUT2D eigenvalue weighted by molar-refractivity contribution is -0.140. The van der Waals surface area contributed by atoms with Crippen molar-refractivity contribution in [1.29, 1.82) is 0 Å². The van der Waals surface area contributed by atoms with Crippen LogP contribution in [0.4, 0.5) is 0 Å². The summed E-state index contributed by atoms with van der Waals surface area (Å²) in [5.41, 5.74) is 0. The third kappa shape index (κ3) is 5.64. The van der Waals surface area contributed by atoms with Crippen molar-refractivity contribution in [1.82, 2.24) is 0 Å². The van der Waals surface area contributed by atoms with Crippen molar-refractivity contribution in [3.8, 4) is 0 Å². The molecule has 3 nitrogen and oxygen atoms in total. The Kier molecular flexibility index (Phi) is 5.71. The molecule has 0 heterocycles. The number of aliphatic hydroxyl groups excluding tert-OH is 1. The molecule has 0 radical (unpaired) electrons. The van der Waals surface area contributed by atoms with E-state index in [1.807, 2.05) is 6.92 Å². The second kappa shape index (κ2) is 5.97. The van der Waals surface area contributed by atoms with E-state index in [9.17, 15) is 9.90 Å². The molecule has 0 bridgehead atoms. The molecule has 0 aromatic rings. The average molecular weight is 188 g/mol. The van der Waals surface area contributed by atoms with Gasteiger partial charge >= 0.3 is 5.97 Å². The summed E-state index contributed by atoms with van der Waals surface area (Å²) in [7, 11) is 0. The Morgan fingerprint density at radius 3 is 2.31 bits per heavy atom. The predicted molar refractivity (Wildman–Crippen MR) is 51.5 cm³/mol. The third-order valence-corrected chi connectivity index (χ3v) is 2.51. The molecule has 78 valence electrons. The standard InChI is InChI=1S/C10H20O3/c1-4-7(2)5-8(3)9(11)6-10(12)13/h7-9,11H,4-6H2,1-3H3,(H,12,13). The Morgan fingerprint density at radius 2 is 1.92 bits per heavy atom. The van der Waals surface area contributed by atoms with Gasteiger partial charge in [-0.25, -0.2) is 0 Å². The van der Waals surface area contributed by atoms with Gasteiger partial charge in [-0.15, -0.1) is 0 Å². The van der Waals surface area contributed by atoms with Gasteiger partial charge in [0.25, 0.3) is 0 Å². The number of carbonyl (C=O) groups is 1. The highest BCUT2D eigenvalue weighted by Crippen LogP contribution is 2.19. The lowest BCUT2D eigenvalue weighted by atomic mass is 9.90. The van der Waals surface area contributed by atoms with Crippen molar-refractivity contribution >= 4 is 5.97 Å². The molecule has 0 saturated carbocycles. The lowest BCUT2D eigenvalue weighted by Crippen LogP contribution is -2.22. The van der Waals surface area contributed by atoms with Crippen LogP contribution >= 0.6 is 0 Å². The lowest BCUT2D eigenvalue weighted by Gasteiger charge is -2.20. The minimum absolute atomic E-state index is 0.0750. The quantitative estimate of drug-likeness (QED) is 0.669. The van der Waals surface area contributed by atoms with Crippen LogP contribution in [0.5, 0.6) is 0 Å². The summed E-state index contributed by atoms with van der Waals surface area (Å²) >= 11 is 0. The normalized spacial score (nSPS) is 17.8. The summed E-state index contributed by atoms with van der Waals surface area (Å²) in [5, 5.41) is 17.9. The van der Waals surface area contributed by atoms with Crippen LogP contribution in [0.25, 0.3) is 0 Å². The van der Waals surface area contributed by atoms with Crippen LogP contribution in [-0.4, -0.2) is 22.3 Å². The van der Waals surface area contributed by atoms with Crippen LogP contribution in [0.1, 0.15) is 40.0 Å². The SMILES string of the molecule is CCC(C)CC(C)C(O)CC(=O)O. The van der Waals surface area contributed by atoms with E-state index in [1.165, 1.54) is 0 Å². The minimum atomic E-state index is -0.927. The number of carboxylic acid groups (broad SMARTS) is 1. The molecule has 13 heavy (non-hydrogen) atoms. The molecule has 3 heteroatoms. The first-order valence-corrected chi connectivity index (χ1v) is 4.87. The van der Waals surface area contributed by atoms with Crippen molar-refractivity contribution in [2.75, 3.05) is 0 Å². The second-order valence-electron chi connectivity index (χ2n) is 3.89. The fraction of sp³-hybridized carbons (Fsp3) is 0.900. The summed E-state index contributed by atoms with van der Waals surface area (Å²) in [6, 6.07) is 0. The van der Waals surface area contributed by atoms with Crippen LogP contribution in [0.15, 0.2) is 0 Å². The van der Waals surface area contributed by atoms with Gasteiger partial charge in [0, 0.05) is 0 Å². The Labute approximate surface area is 79.8 Å². The third-order valence-electron chi connectivity index (χ3n) is 2.51. The van der Waals surface area contributed by atoms with E-state index in [1.54, 1.807) is 0 Å². The molecule has 0 aliphatic rings. The van der Waals surface area contributed by atoms with Crippen molar-refractivity contribution in [2.24, 2.45) is 11.8 Å². The van der Waals surface area contributed by atoms with Gasteiger partial charge in [0.15, 0.2) is 0 Å². The zero-order valence-corrected chi connectivity index (χ0v) is 8.66. The van der Waals surface area contributed by atoms with Crippen LogP contribution in [-0.2, 0) is 4.79 Å². The fourth-order valence-corrected chi connectivity index (χ4v) is 1.34. The van der Waals surface area contributed by atoms with E-state index in [0.717, 1.165) is 12.8 Å². The smallest absolute Gasteiger partial charge is 0.305 e. The summed E-state index contributed by atoms with van der Waals surface area (Å²) in [6.07, 6.45) is 1.12. The van der Waals surface area contributed by atoms with E-state index < -0.39 is 12.1 Å². The van der Waals surface area contributed by atoms with E-state index in [4.69, 9.17) is 5.11 Å². The first-order chi connectivity index (χ1) is 5.97. The van der Waals surface area contributed by atoms with Gasteiger partial charge in [-0.05, 0) is 18.3 Å². The zero-order valence-electron chi connectivity index (χ0n) is 8.66. The first kappa shape index (κ1) is 12.4. The molecule has 0 spiro atoms. The zero-order chi connectivity index (χ0) is 10.4. The van der Waals surface area contributed by atoms with Crippen molar-refractivity contribution in [3.05, 3.63) is 0 Å². The van der Waals surface area contributed by atoms with Crippen LogP contribution in [0, 0.1) is 11.8 Å². The highest BCUT2D eigenvalue weighted by Gasteiger charge is 2.18. The van der Waals surface area contributed by atoms with Crippen LogP contribution < -0.4 is 0 Å². The highest BCUT2D eigenvalue weighted by atomic mass is 16.4. The number of carboxylic acids is 1. The number of hydrogen-bond acceptors (Lipinski definition) is 2. The molecule has 0 saturated heterocycles. The number of aliphatic hydroxyl groups is 1. The van der Waals surface area contributed by atoms with E-state index in [0.29, 0.717) is 5.92 Å². The van der Waals surface area contributed by atoms with Crippen LogP contribution in [0.3, 0.4) is 0 Å². The molecular formula is C10H20O3. The Bertz CT molecular complexity index is 156. The van der Waals surface area contributed by atoms with Gasteiger partial charge in [-0.2, -0.15) is 0 Å². The monoisotopic (exact) mass is 188 g/mol.